The topological polar surface area (TPSA) is 58.2 Å². The maximum atomic E-state index is 11.3. The van der Waals surface area contributed by atoms with Gasteiger partial charge in [0.2, 0.25) is 10.0 Å². The quantitative estimate of drug-likeness (QED) is 0.719. The molecule has 0 radical (unpaired) electrons. The highest BCUT2D eigenvalue weighted by Crippen LogP contribution is 2.35. The number of benzene rings is 1. The van der Waals surface area contributed by atoms with Crippen molar-refractivity contribution in [3.63, 3.8) is 0 Å². The zero-order valence-corrected chi connectivity index (χ0v) is 13.8. The Hall–Kier alpha value is -0.910. The molecule has 0 fully saturated rings. The predicted octanol–water partition coefficient (Wildman–Crippen LogP) is 1.71. The second-order valence-corrected chi connectivity index (χ2v) is 8.36. The van der Waals surface area contributed by atoms with Gasteiger partial charge in [-0.3, -0.25) is 0 Å². The SMILES string of the molecule is CCS(=O)(=O)NCCCNCC1(C)Cc2ccccc2C1. The Balaban J connectivity index is 1.66. The van der Waals surface area contributed by atoms with Crippen LogP contribution < -0.4 is 10.0 Å². The van der Waals surface area contributed by atoms with Gasteiger partial charge < -0.3 is 5.32 Å². The van der Waals surface area contributed by atoms with Crippen LogP contribution in [0.1, 0.15) is 31.4 Å². The first-order valence-corrected chi connectivity index (χ1v) is 9.34. The van der Waals surface area contributed by atoms with Crippen molar-refractivity contribution in [3.8, 4) is 0 Å². The van der Waals surface area contributed by atoms with E-state index in [1.54, 1.807) is 6.92 Å². The fourth-order valence-corrected chi connectivity index (χ4v) is 3.60. The Bertz CT molecular complexity index is 544. The average Bonchev–Trinajstić information content (AvgIpc) is 2.79. The molecule has 118 valence electrons. The van der Waals surface area contributed by atoms with Crippen molar-refractivity contribution in [1.82, 2.24) is 10.0 Å². The van der Waals surface area contributed by atoms with E-state index in [4.69, 9.17) is 0 Å². The van der Waals surface area contributed by atoms with Crippen LogP contribution in [0.5, 0.6) is 0 Å². The van der Waals surface area contributed by atoms with E-state index in [-0.39, 0.29) is 11.2 Å². The van der Waals surface area contributed by atoms with E-state index >= 15 is 0 Å². The molecule has 1 aromatic carbocycles. The van der Waals surface area contributed by atoms with Crippen LogP contribution in [-0.2, 0) is 22.9 Å². The van der Waals surface area contributed by atoms with E-state index in [1.807, 2.05) is 0 Å². The highest BCUT2D eigenvalue weighted by molar-refractivity contribution is 7.89. The Kier molecular flexibility index (Phi) is 5.41. The first-order valence-electron chi connectivity index (χ1n) is 7.69. The van der Waals surface area contributed by atoms with E-state index in [1.165, 1.54) is 11.1 Å². The zero-order chi connectivity index (χ0) is 15.3. The van der Waals surface area contributed by atoms with Gasteiger partial charge in [0.1, 0.15) is 0 Å². The standard InChI is InChI=1S/C16H26N2O2S/c1-3-21(19,20)18-10-6-9-17-13-16(2)11-14-7-4-5-8-15(14)12-16/h4-5,7-8,17-18H,3,6,9-13H2,1-2H3. The second-order valence-electron chi connectivity index (χ2n) is 6.26. The largest absolute Gasteiger partial charge is 0.316 e. The van der Waals surface area contributed by atoms with Crippen LogP contribution in [0.3, 0.4) is 0 Å². The molecule has 0 saturated heterocycles. The third-order valence-corrected chi connectivity index (χ3v) is 5.54. The van der Waals surface area contributed by atoms with Crippen molar-refractivity contribution in [3.05, 3.63) is 35.4 Å². The molecule has 2 N–H and O–H groups in total. The summed E-state index contributed by atoms with van der Waals surface area (Å²) in [6.45, 7) is 6.31. The molecule has 0 aromatic heterocycles. The van der Waals surface area contributed by atoms with Gasteiger partial charge in [-0.15, -0.1) is 0 Å². The van der Waals surface area contributed by atoms with Crippen LogP contribution in [0.4, 0.5) is 0 Å². The number of fused-ring (bicyclic) bond motifs is 1. The van der Waals surface area contributed by atoms with Crippen molar-refractivity contribution < 1.29 is 8.42 Å². The van der Waals surface area contributed by atoms with Crippen molar-refractivity contribution in [2.24, 2.45) is 5.41 Å². The van der Waals surface area contributed by atoms with Crippen LogP contribution in [0.2, 0.25) is 0 Å². The van der Waals surface area contributed by atoms with Crippen molar-refractivity contribution in [2.45, 2.75) is 33.1 Å². The Morgan fingerprint density at radius 3 is 2.33 bits per heavy atom. The summed E-state index contributed by atoms with van der Waals surface area (Å²) in [5.41, 5.74) is 3.22. The number of rotatable bonds is 8. The van der Waals surface area contributed by atoms with Crippen LogP contribution in [0.25, 0.3) is 0 Å². The normalized spacial score (nSPS) is 16.9. The molecule has 1 aliphatic rings. The summed E-state index contributed by atoms with van der Waals surface area (Å²) in [5, 5.41) is 3.47. The first kappa shape index (κ1) is 16.5. The fourth-order valence-electron chi connectivity index (χ4n) is 2.94. The molecule has 0 saturated carbocycles. The summed E-state index contributed by atoms with van der Waals surface area (Å²) >= 11 is 0. The second kappa shape index (κ2) is 6.90. The van der Waals surface area contributed by atoms with E-state index in [0.717, 1.165) is 32.4 Å². The molecule has 21 heavy (non-hydrogen) atoms. The lowest BCUT2D eigenvalue weighted by atomic mass is 9.87. The molecular weight excluding hydrogens is 284 g/mol. The molecule has 0 aliphatic heterocycles. The summed E-state index contributed by atoms with van der Waals surface area (Å²) in [6.07, 6.45) is 3.07. The molecule has 0 bridgehead atoms. The minimum Gasteiger partial charge on any atom is -0.316 e. The van der Waals surface area contributed by atoms with Crippen molar-refractivity contribution >= 4 is 10.0 Å². The lowest BCUT2D eigenvalue weighted by molar-refractivity contribution is 0.323. The van der Waals surface area contributed by atoms with Gasteiger partial charge in [-0.25, -0.2) is 13.1 Å². The monoisotopic (exact) mass is 310 g/mol. The van der Waals surface area contributed by atoms with Crippen LogP contribution in [0.15, 0.2) is 24.3 Å². The molecular formula is C16H26N2O2S. The summed E-state index contributed by atoms with van der Waals surface area (Å²) < 4.78 is 25.2. The smallest absolute Gasteiger partial charge is 0.211 e. The molecule has 0 unspecified atom stereocenters. The maximum absolute atomic E-state index is 11.3. The van der Waals surface area contributed by atoms with Gasteiger partial charge >= 0.3 is 0 Å². The van der Waals surface area contributed by atoms with Gasteiger partial charge in [0.15, 0.2) is 0 Å². The third kappa shape index (κ3) is 4.80. The first-order chi connectivity index (χ1) is 9.94. The van der Waals surface area contributed by atoms with Crippen LogP contribution in [0, 0.1) is 5.41 Å². The summed E-state index contributed by atoms with van der Waals surface area (Å²) in [4.78, 5) is 0. The molecule has 0 atom stereocenters. The average molecular weight is 310 g/mol. The highest BCUT2D eigenvalue weighted by atomic mass is 32.2. The highest BCUT2D eigenvalue weighted by Gasteiger charge is 2.31. The fraction of sp³-hybridized carbons (Fsp3) is 0.625. The van der Waals surface area contributed by atoms with Crippen LogP contribution >= 0.6 is 0 Å². The van der Waals surface area contributed by atoms with E-state index < -0.39 is 10.0 Å². The summed E-state index contributed by atoms with van der Waals surface area (Å²) in [5.74, 6) is 0.150. The summed E-state index contributed by atoms with van der Waals surface area (Å²) in [6, 6.07) is 8.66. The number of sulfonamides is 1. The molecule has 0 heterocycles. The van der Waals surface area contributed by atoms with E-state index in [9.17, 15) is 8.42 Å². The minimum absolute atomic E-state index is 0.150. The van der Waals surface area contributed by atoms with Gasteiger partial charge in [-0.05, 0) is 49.3 Å². The molecule has 0 spiro atoms. The Morgan fingerprint density at radius 2 is 1.76 bits per heavy atom. The van der Waals surface area contributed by atoms with Crippen LogP contribution in [-0.4, -0.2) is 33.8 Å². The van der Waals surface area contributed by atoms with Gasteiger partial charge in [-0.2, -0.15) is 0 Å². The Labute approximate surface area is 128 Å². The van der Waals surface area contributed by atoms with Gasteiger partial charge in [0.05, 0.1) is 5.75 Å². The van der Waals surface area contributed by atoms with E-state index in [2.05, 4.69) is 41.2 Å². The lowest BCUT2D eigenvalue weighted by Crippen LogP contribution is -2.34. The molecule has 5 heteroatoms. The van der Waals surface area contributed by atoms with Crippen molar-refractivity contribution in [2.75, 3.05) is 25.4 Å². The number of nitrogens with one attached hydrogen (secondary N) is 2. The molecule has 0 amide bonds. The third-order valence-electron chi connectivity index (χ3n) is 4.14. The zero-order valence-electron chi connectivity index (χ0n) is 13.0. The van der Waals surface area contributed by atoms with Gasteiger partial charge in [0.25, 0.3) is 0 Å². The van der Waals surface area contributed by atoms with Gasteiger partial charge in [0, 0.05) is 13.1 Å². The molecule has 4 nitrogen and oxygen atoms in total. The van der Waals surface area contributed by atoms with E-state index in [0.29, 0.717) is 6.54 Å². The minimum atomic E-state index is -3.05. The predicted molar refractivity (Wildman–Crippen MR) is 86.9 cm³/mol. The van der Waals surface area contributed by atoms with Gasteiger partial charge in [-0.1, -0.05) is 31.2 Å². The molecule has 1 aromatic rings. The number of hydrogen-bond acceptors (Lipinski definition) is 3. The maximum Gasteiger partial charge on any atom is 0.211 e. The molecule has 2 rings (SSSR count). The van der Waals surface area contributed by atoms with Crippen molar-refractivity contribution in [1.29, 1.82) is 0 Å². The lowest BCUT2D eigenvalue weighted by Gasteiger charge is -2.24. The Morgan fingerprint density at radius 1 is 1.14 bits per heavy atom. The molecule has 1 aliphatic carbocycles. The summed E-state index contributed by atoms with van der Waals surface area (Å²) in [7, 11) is -3.05. The number of hydrogen-bond donors (Lipinski definition) is 2.